The Labute approximate surface area is 147 Å². The summed E-state index contributed by atoms with van der Waals surface area (Å²) in [6.07, 6.45) is 0. The molecule has 0 radical (unpaired) electrons. The monoisotopic (exact) mass is 344 g/mol. The van der Waals surface area contributed by atoms with E-state index in [1.807, 2.05) is 31.2 Å². The number of carbonyl (C=O) groups is 2. The van der Waals surface area contributed by atoms with Gasteiger partial charge in [0.1, 0.15) is 11.4 Å². The van der Waals surface area contributed by atoms with Gasteiger partial charge in [-0.05, 0) is 32.4 Å². The lowest BCUT2D eigenvalue weighted by Gasteiger charge is -2.26. The van der Waals surface area contributed by atoms with E-state index in [0.717, 1.165) is 11.3 Å². The minimum Gasteiger partial charge on any atom is -0.496 e. The summed E-state index contributed by atoms with van der Waals surface area (Å²) in [4.78, 5) is 29.5. The summed E-state index contributed by atoms with van der Waals surface area (Å²) < 4.78 is 10.2. The highest BCUT2D eigenvalue weighted by atomic mass is 16.5. The number of rotatable bonds is 5. The fourth-order valence-corrected chi connectivity index (χ4v) is 2.94. The van der Waals surface area contributed by atoms with Crippen LogP contribution in [-0.2, 0) is 4.74 Å². The van der Waals surface area contributed by atoms with E-state index in [2.05, 4.69) is 4.98 Å². The number of amides is 1. The number of para-hydroxylation sites is 1. The zero-order valence-corrected chi connectivity index (χ0v) is 15.5. The lowest BCUT2D eigenvalue weighted by molar-refractivity contribution is 0.0599. The number of ether oxygens (including phenoxy) is 2. The van der Waals surface area contributed by atoms with Gasteiger partial charge in [-0.1, -0.05) is 18.2 Å². The maximum atomic E-state index is 13.0. The van der Waals surface area contributed by atoms with Crippen molar-refractivity contribution >= 4 is 11.9 Å². The molecule has 25 heavy (non-hydrogen) atoms. The standard InChI is InChI=1S/C19H24N2O4/c1-11-16(19(23)25-6)12(2)20-17(11)18(22)21(4)13(3)14-9-7-8-10-15(14)24-5/h7-10,13,20H,1-6H3. The molecule has 0 saturated carbocycles. The third kappa shape index (κ3) is 3.38. The van der Waals surface area contributed by atoms with Gasteiger partial charge in [-0.2, -0.15) is 0 Å². The Kier molecular flexibility index (Phi) is 5.51. The molecule has 0 spiro atoms. The van der Waals surface area contributed by atoms with Gasteiger partial charge in [0.25, 0.3) is 5.91 Å². The van der Waals surface area contributed by atoms with Crippen molar-refractivity contribution < 1.29 is 19.1 Å². The van der Waals surface area contributed by atoms with E-state index in [0.29, 0.717) is 22.5 Å². The number of nitrogens with zero attached hydrogens (tertiary/aromatic N) is 1. The lowest BCUT2D eigenvalue weighted by Crippen LogP contribution is -2.30. The fraction of sp³-hybridized carbons (Fsp3) is 0.368. The van der Waals surface area contributed by atoms with Crippen molar-refractivity contribution in [3.05, 3.63) is 52.3 Å². The van der Waals surface area contributed by atoms with Crippen LogP contribution in [0, 0.1) is 13.8 Å². The number of esters is 1. The van der Waals surface area contributed by atoms with Crippen LogP contribution < -0.4 is 4.74 Å². The molecular formula is C19H24N2O4. The summed E-state index contributed by atoms with van der Waals surface area (Å²) in [5, 5.41) is 0. The van der Waals surface area contributed by atoms with E-state index in [1.165, 1.54) is 7.11 Å². The summed E-state index contributed by atoms with van der Waals surface area (Å²) in [6, 6.07) is 7.39. The van der Waals surface area contributed by atoms with Crippen molar-refractivity contribution in [1.82, 2.24) is 9.88 Å². The third-order valence-corrected chi connectivity index (χ3v) is 4.53. The predicted molar refractivity (Wildman–Crippen MR) is 95.1 cm³/mol. The second kappa shape index (κ2) is 7.42. The van der Waals surface area contributed by atoms with Crippen molar-refractivity contribution in [3.8, 4) is 5.75 Å². The highest BCUT2D eigenvalue weighted by molar-refractivity contribution is 6.00. The zero-order chi connectivity index (χ0) is 18.7. The molecule has 0 bridgehead atoms. The molecule has 0 aliphatic rings. The van der Waals surface area contributed by atoms with Crippen molar-refractivity contribution in [2.24, 2.45) is 0 Å². The summed E-state index contributed by atoms with van der Waals surface area (Å²) in [7, 11) is 4.66. The van der Waals surface area contributed by atoms with Gasteiger partial charge in [-0.15, -0.1) is 0 Å². The Balaban J connectivity index is 2.36. The first-order valence-electron chi connectivity index (χ1n) is 8.01. The van der Waals surface area contributed by atoms with Gasteiger partial charge < -0.3 is 19.4 Å². The maximum Gasteiger partial charge on any atom is 0.339 e. The van der Waals surface area contributed by atoms with Gasteiger partial charge in [0, 0.05) is 18.3 Å². The molecule has 1 aromatic carbocycles. The minimum absolute atomic E-state index is 0.200. The second-order valence-electron chi connectivity index (χ2n) is 5.95. The normalized spacial score (nSPS) is 11.8. The quantitative estimate of drug-likeness (QED) is 0.845. The van der Waals surface area contributed by atoms with Crippen LogP contribution in [0.1, 0.15) is 50.6 Å². The van der Waals surface area contributed by atoms with E-state index in [-0.39, 0.29) is 11.9 Å². The smallest absolute Gasteiger partial charge is 0.339 e. The van der Waals surface area contributed by atoms with Crippen LogP contribution in [0.5, 0.6) is 5.75 Å². The number of aromatic nitrogens is 1. The van der Waals surface area contributed by atoms with Crippen molar-refractivity contribution in [3.63, 3.8) is 0 Å². The first-order chi connectivity index (χ1) is 11.8. The van der Waals surface area contributed by atoms with Crippen molar-refractivity contribution in [2.45, 2.75) is 26.8 Å². The highest BCUT2D eigenvalue weighted by Gasteiger charge is 2.27. The fourth-order valence-electron chi connectivity index (χ4n) is 2.94. The number of nitrogens with one attached hydrogen (secondary N) is 1. The lowest BCUT2D eigenvalue weighted by atomic mass is 10.0. The molecule has 0 saturated heterocycles. The molecular weight excluding hydrogens is 320 g/mol. The number of hydrogen-bond acceptors (Lipinski definition) is 4. The van der Waals surface area contributed by atoms with Gasteiger partial charge in [-0.25, -0.2) is 4.79 Å². The van der Waals surface area contributed by atoms with Crippen molar-refractivity contribution in [1.29, 1.82) is 0 Å². The van der Waals surface area contributed by atoms with Gasteiger partial charge in [0.2, 0.25) is 0 Å². The van der Waals surface area contributed by atoms with Crippen LogP contribution >= 0.6 is 0 Å². The summed E-state index contributed by atoms with van der Waals surface area (Å²) in [5.41, 5.74) is 2.92. The first-order valence-corrected chi connectivity index (χ1v) is 8.01. The maximum absolute atomic E-state index is 13.0. The zero-order valence-electron chi connectivity index (χ0n) is 15.5. The third-order valence-electron chi connectivity index (χ3n) is 4.53. The number of methoxy groups -OCH3 is 2. The molecule has 0 aliphatic heterocycles. The molecule has 6 nitrogen and oxygen atoms in total. The largest absolute Gasteiger partial charge is 0.496 e. The average molecular weight is 344 g/mol. The predicted octanol–water partition coefficient (Wildman–Crippen LogP) is 3.26. The van der Waals surface area contributed by atoms with Crippen molar-refractivity contribution in [2.75, 3.05) is 21.3 Å². The van der Waals surface area contributed by atoms with Gasteiger partial charge in [0.15, 0.2) is 0 Å². The van der Waals surface area contributed by atoms with Crippen LogP contribution in [0.3, 0.4) is 0 Å². The van der Waals surface area contributed by atoms with Gasteiger partial charge in [0.05, 0.1) is 25.8 Å². The Morgan fingerprint density at radius 3 is 2.40 bits per heavy atom. The molecule has 0 aliphatic carbocycles. The van der Waals surface area contributed by atoms with Crippen LogP contribution in [0.15, 0.2) is 24.3 Å². The molecule has 1 aromatic heterocycles. The minimum atomic E-state index is -0.453. The summed E-state index contributed by atoms with van der Waals surface area (Å²) >= 11 is 0. The van der Waals surface area contributed by atoms with E-state index >= 15 is 0 Å². The van der Waals surface area contributed by atoms with E-state index < -0.39 is 5.97 Å². The Morgan fingerprint density at radius 1 is 1.16 bits per heavy atom. The molecule has 0 fully saturated rings. The second-order valence-corrected chi connectivity index (χ2v) is 5.95. The number of H-pyrrole nitrogens is 1. The Hall–Kier alpha value is -2.76. The van der Waals surface area contributed by atoms with Crippen LogP contribution in [0.4, 0.5) is 0 Å². The van der Waals surface area contributed by atoms with Gasteiger partial charge in [-0.3, -0.25) is 4.79 Å². The molecule has 1 N–H and O–H groups in total. The van der Waals surface area contributed by atoms with E-state index in [1.54, 1.807) is 32.9 Å². The number of hydrogen-bond donors (Lipinski definition) is 1. The van der Waals surface area contributed by atoms with Crippen LogP contribution in [-0.4, -0.2) is 43.0 Å². The number of aromatic amines is 1. The molecule has 1 unspecified atom stereocenters. The Morgan fingerprint density at radius 2 is 1.80 bits per heavy atom. The average Bonchev–Trinajstić information content (AvgIpc) is 2.93. The molecule has 6 heteroatoms. The summed E-state index contributed by atoms with van der Waals surface area (Å²) in [6.45, 7) is 5.42. The topological polar surface area (TPSA) is 71.6 Å². The number of benzene rings is 1. The molecule has 2 rings (SSSR count). The highest BCUT2D eigenvalue weighted by Crippen LogP contribution is 2.30. The molecule has 1 heterocycles. The Bertz CT molecular complexity index is 795. The van der Waals surface area contributed by atoms with Crippen LogP contribution in [0.2, 0.25) is 0 Å². The first kappa shape index (κ1) is 18.6. The molecule has 134 valence electrons. The van der Waals surface area contributed by atoms with E-state index in [9.17, 15) is 9.59 Å². The number of aryl methyl sites for hydroxylation is 1. The van der Waals surface area contributed by atoms with Crippen LogP contribution in [0.25, 0.3) is 0 Å². The molecule has 2 aromatic rings. The SMILES string of the molecule is COC(=O)c1c(C)[nH]c(C(=O)N(C)C(C)c2ccccc2OC)c1C. The number of carbonyl (C=O) groups excluding carboxylic acids is 2. The van der Waals surface area contributed by atoms with E-state index in [4.69, 9.17) is 9.47 Å². The summed E-state index contributed by atoms with van der Waals surface area (Å²) in [5.74, 6) is 0.0733. The molecule has 1 atom stereocenters. The molecule has 1 amide bonds. The van der Waals surface area contributed by atoms with Gasteiger partial charge >= 0.3 is 5.97 Å².